The minimum Gasteiger partial charge on any atom is -0.456 e. The Morgan fingerprint density at radius 2 is 1.04 bits per heavy atom. The predicted octanol–water partition coefficient (Wildman–Crippen LogP) is 11.9. The van der Waals surface area contributed by atoms with E-state index in [9.17, 15) is 1.37 Å². The molecule has 1 heteroatoms. The van der Waals surface area contributed by atoms with Gasteiger partial charge in [0.25, 0.3) is 0 Å². The van der Waals surface area contributed by atoms with E-state index < -0.39 is 78.6 Å². The first-order valence-corrected chi connectivity index (χ1v) is 14.5. The van der Waals surface area contributed by atoms with Crippen molar-refractivity contribution in [1.29, 1.82) is 0 Å². The third kappa shape index (κ3) is 4.31. The van der Waals surface area contributed by atoms with E-state index in [-0.39, 0.29) is 63.4 Å². The lowest BCUT2D eigenvalue weighted by atomic mass is 9.85. The summed E-state index contributed by atoms with van der Waals surface area (Å²) < 4.78 is 136. The van der Waals surface area contributed by atoms with E-state index in [1.54, 1.807) is 12.1 Å². The molecule has 1 nitrogen and oxygen atoms in total. The average Bonchev–Trinajstić information content (AvgIpc) is 3.66. The molecule has 0 aliphatic rings. The first-order chi connectivity index (χ1) is 28.6. The third-order valence-electron chi connectivity index (χ3n) is 8.37. The molecule has 0 fully saturated rings. The molecule has 45 heavy (non-hydrogen) atoms. The second kappa shape index (κ2) is 10.5. The SMILES string of the molecule is [2H]c1c([2H])c([2H])c(-c2c([2H])c([2H])c([2H])c([2H])c2Cc2c3ccccc3c(Cc3cccc4oc5c([2H])c6c([2H])c([2H])c([2H])c([2H])c6c([2H])c5c34)c3ccccc23)c([2H])c1[2H]. The zero-order valence-electron chi connectivity index (χ0n) is 38.7. The molecule has 0 saturated carbocycles. The Morgan fingerprint density at radius 3 is 1.73 bits per heavy atom. The lowest BCUT2D eigenvalue weighted by molar-refractivity contribution is 0.669. The second-order valence-corrected chi connectivity index (χ2v) is 10.9. The van der Waals surface area contributed by atoms with Crippen LogP contribution >= 0.6 is 0 Å². The summed E-state index contributed by atoms with van der Waals surface area (Å²) in [5, 5.41) is 3.70. The largest absolute Gasteiger partial charge is 0.456 e. The highest BCUT2D eigenvalue weighted by Gasteiger charge is 2.18. The van der Waals surface area contributed by atoms with Gasteiger partial charge in [-0.15, -0.1) is 0 Å². The molecule has 212 valence electrons. The van der Waals surface area contributed by atoms with Gasteiger partial charge in [-0.25, -0.2) is 0 Å². The van der Waals surface area contributed by atoms with E-state index >= 15 is 0 Å². The Labute approximate surface area is 283 Å². The first kappa shape index (κ1) is 14.9. The average molecular weight is 590 g/mol. The highest BCUT2D eigenvalue weighted by atomic mass is 16.3. The fraction of sp³-hybridized carbons (Fsp3) is 0.0455. The summed E-state index contributed by atoms with van der Waals surface area (Å²) in [6.45, 7) is 0. The molecule has 8 aromatic carbocycles. The lowest BCUT2D eigenvalue weighted by Crippen LogP contribution is -1.99. The van der Waals surface area contributed by atoms with Crippen LogP contribution in [0, 0.1) is 0 Å². The van der Waals surface area contributed by atoms with Crippen molar-refractivity contribution in [2.45, 2.75) is 12.8 Å². The molecule has 0 aliphatic heterocycles. The summed E-state index contributed by atoms with van der Waals surface area (Å²) in [6.07, 6.45) is 0.189. The number of fused-ring (bicyclic) bond motifs is 6. The predicted molar refractivity (Wildman–Crippen MR) is 190 cm³/mol. The molecule has 0 atom stereocenters. The van der Waals surface area contributed by atoms with Crippen molar-refractivity contribution in [1.82, 2.24) is 0 Å². The van der Waals surface area contributed by atoms with Gasteiger partial charge in [-0.3, -0.25) is 0 Å². The Kier molecular flexibility index (Phi) is 3.47. The molecule has 0 unspecified atom stereocenters. The van der Waals surface area contributed by atoms with Crippen LogP contribution in [-0.4, -0.2) is 0 Å². The van der Waals surface area contributed by atoms with Crippen LogP contribution in [0.4, 0.5) is 0 Å². The Hall–Kier alpha value is -5.66. The normalized spacial score (nSPS) is 16.4. The molecule has 0 saturated heterocycles. The van der Waals surface area contributed by atoms with E-state index in [0.717, 1.165) is 32.7 Å². The number of benzene rings is 8. The molecule has 0 bridgehead atoms. The zero-order valence-corrected chi connectivity index (χ0v) is 23.7. The highest BCUT2D eigenvalue weighted by Crippen LogP contribution is 2.40. The minimum absolute atomic E-state index is 0.0346. The van der Waals surface area contributed by atoms with Gasteiger partial charge in [0, 0.05) is 10.8 Å². The molecule has 0 amide bonds. The Morgan fingerprint density at radius 1 is 0.467 bits per heavy atom. The van der Waals surface area contributed by atoms with Crippen molar-refractivity contribution in [3.63, 3.8) is 0 Å². The summed E-state index contributed by atoms with van der Waals surface area (Å²) in [4.78, 5) is 0. The van der Waals surface area contributed by atoms with Crippen LogP contribution in [0.15, 0.2) is 162 Å². The van der Waals surface area contributed by atoms with Crippen molar-refractivity contribution < 1.29 is 25.0 Å². The summed E-state index contributed by atoms with van der Waals surface area (Å²) in [5.41, 5.74) is 2.26. The number of hydrogen-bond donors (Lipinski definition) is 0. The molecular formula is C44H30O. The maximum atomic E-state index is 9.31. The molecule has 0 spiro atoms. The molecule has 1 aromatic heterocycles. The summed E-state index contributed by atoms with van der Waals surface area (Å²) in [6, 6.07) is 13.2. The van der Waals surface area contributed by atoms with E-state index in [4.69, 9.17) is 23.6 Å². The van der Waals surface area contributed by atoms with Crippen LogP contribution in [0.5, 0.6) is 0 Å². The van der Waals surface area contributed by atoms with Gasteiger partial charge < -0.3 is 4.42 Å². The lowest BCUT2D eigenvalue weighted by Gasteiger charge is -2.19. The molecule has 9 rings (SSSR count). The van der Waals surface area contributed by atoms with Gasteiger partial charge in [0.2, 0.25) is 0 Å². The van der Waals surface area contributed by atoms with Crippen molar-refractivity contribution in [3.05, 3.63) is 180 Å². The maximum Gasteiger partial charge on any atom is 0.136 e. The number of rotatable bonds is 5. The van der Waals surface area contributed by atoms with E-state index in [0.29, 0.717) is 16.5 Å². The second-order valence-electron chi connectivity index (χ2n) is 10.9. The molecular weight excluding hydrogens is 544 g/mol. The minimum atomic E-state index is -0.626. The van der Waals surface area contributed by atoms with Crippen LogP contribution in [0.25, 0.3) is 65.4 Å². The van der Waals surface area contributed by atoms with Gasteiger partial charge in [0.15, 0.2) is 0 Å². The van der Waals surface area contributed by atoms with Crippen LogP contribution < -0.4 is 0 Å². The van der Waals surface area contributed by atoms with Crippen LogP contribution in [0.2, 0.25) is 0 Å². The molecule has 0 N–H and O–H groups in total. The zero-order chi connectivity index (χ0) is 42.8. The van der Waals surface area contributed by atoms with Gasteiger partial charge in [0.05, 0.1) is 20.6 Å². The third-order valence-corrected chi connectivity index (χ3v) is 8.37. The van der Waals surface area contributed by atoms with Crippen LogP contribution in [0.1, 0.15) is 42.8 Å². The fourth-order valence-corrected chi connectivity index (χ4v) is 6.43. The summed E-state index contributed by atoms with van der Waals surface area (Å²) >= 11 is 0. The van der Waals surface area contributed by atoms with E-state index in [1.165, 1.54) is 0 Å². The molecule has 0 radical (unpaired) electrons. The molecule has 9 aromatic rings. The van der Waals surface area contributed by atoms with Crippen molar-refractivity contribution in [2.24, 2.45) is 0 Å². The number of furan rings is 1. The fourth-order valence-electron chi connectivity index (χ4n) is 6.43. The van der Waals surface area contributed by atoms with Crippen LogP contribution in [-0.2, 0) is 12.8 Å². The van der Waals surface area contributed by atoms with E-state index in [2.05, 4.69) is 0 Å². The van der Waals surface area contributed by atoms with Crippen molar-refractivity contribution in [2.75, 3.05) is 0 Å². The Bertz CT molecular complexity index is 3300. The van der Waals surface area contributed by atoms with Gasteiger partial charge >= 0.3 is 0 Å². The van der Waals surface area contributed by atoms with Gasteiger partial charge in [-0.2, -0.15) is 0 Å². The molecule has 0 aliphatic carbocycles. The van der Waals surface area contributed by atoms with Gasteiger partial charge in [-0.05, 0) is 96.7 Å². The monoisotopic (exact) mass is 589 g/mol. The topological polar surface area (TPSA) is 13.1 Å². The Balaban J connectivity index is 1.31. The smallest absolute Gasteiger partial charge is 0.136 e. The van der Waals surface area contributed by atoms with E-state index in [1.807, 2.05) is 54.6 Å². The molecule has 1 heterocycles. The number of hydrogen-bond acceptors (Lipinski definition) is 1. The standard InChI is InChI=1S/C44H30O/c1-2-13-29(14-3-1)34-19-7-6-17-32(34)26-39-35-20-8-10-22-37(35)40(38-23-11-9-21-36(38)39)27-33-18-12-24-42-44(33)41-25-30-15-4-5-16-31(30)28-43(41)45-42/h1-25,28H,26-27H2/i1D,2D,3D,4D,5D,6D,7D,13D,14D,15D,16D,17D,19D,25D,28D. The van der Waals surface area contributed by atoms with Crippen LogP contribution in [0.3, 0.4) is 0 Å². The van der Waals surface area contributed by atoms with Gasteiger partial charge in [-0.1, -0.05) is 139 Å². The highest BCUT2D eigenvalue weighted by molar-refractivity contribution is 6.12. The summed E-state index contributed by atoms with van der Waals surface area (Å²) in [7, 11) is 0. The maximum absolute atomic E-state index is 9.31. The van der Waals surface area contributed by atoms with Crippen molar-refractivity contribution in [3.8, 4) is 11.1 Å². The first-order valence-electron chi connectivity index (χ1n) is 22.0. The van der Waals surface area contributed by atoms with Gasteiger partial charge in [0.1, 0.15) is 11.2 Å². The quantitative estimate of drug-likeness (QED) is 0.182. The summed E-state index contributed by atoms with van der Waals surface area (Å²) in [5.74, 6) is 0. The van der Waals surface area contributed by atoms with Crippen molar-refractivity contribution >= 4 is 54.3 Å².